The Balaban J connectivity index is 2.34. The fraction of sp³-hybridized carbons (Fsp3) is 0.182. The number of nitrogens with zero attached hydrogens (tertiary/aromatic N) is 3. The summed E-state index contributed by atoms with van der Waals surface area (Å²) >= 11 is 0. The molecule has 6 heteroatoms. The fourth-order valence-corrected chi connectivity index (χ4v) is 1.97. The van der Waals surface area contributed by atoms with Gasteiger partial charge in [-0.05, 0) is 25.1 Å². The van der Waals surface area contributed by atoms with Crippen molar-refractivity contribution in [3.05, 3.63) is 41.2 Å². The first kappa shape index (κ1) is 9.95. The van der Waals surface area contributed by atoms with Crippen LogP contribution in [0.1, 0.15) is 22.0 Å². The second-order valence-corrected chi connectivity index (χ2v) is 3.84. The van der Waals surface area contributed by atoms with Gasteiger partial charge in [-0.1, -0.05) is 0 Å². The van der Waals surface area contributed by atoms with Gasteiger partial charge in [0.15, 0.2) is 5.82 Å². The Morgan fingerprint density at radius 1 is 1.41 bits per heavy atom. The molecule has 1 aromatic carbocycles. The van der Waals surface area contributed by atoms with Crippen LogP contribution < -0.4 is 5.32 Å². The molecule has 5 nitrogen and oxygen atoms in total. The highest BCUT2D eigenvalue weighted by molar-refractivity contribution is 5.98. The SMILES string of the molecule is Cc1nnc2n1-c1ccc(F)cc1C(=O)NC2. The Labute approximate surface area is 96.3 Å². The molecule has 0 fully saturated rings. The lowest BCUT2D eigenvalue weighted by atomic mass is 10.1. The van der Waals surface area contributed by atoms with Crippen molar-refractivity contribution in [2.45, 2.75) is 13.5 Å². The number of fused-ring (bicyclic) bond motifs is 3. The Kier molecular flexibility index (Phi) is 1.98. The van der Waals surface area contributed by atoms with E-state index in [4.69, 9.17) is 0 Å². The molecule has 0 spiro atoms. The Morgan fingerprint density at radius 2 is 2.24 bits per heavy atom. The van der Waals surface area contributed by atoms with Crippen molar-refractivity contribution in [1.29, 1.82) is 0 Å². The normalized spacial score (nSPS) is 13.6. The maximum Gasteiger partial charge on any atom is 0.253 e. The third-order valence-electron chi connectivity index (χ3n) is 2.74. The van der Waals surface area contributed by atoms with Crippen molar-refractivity contribution in [2.75, 3.05) is 0 Å². The molecule has 0 radical (unpaired) electrons. The van der Waals surface area contributed by atoms with Gasteiger partial charge in [0, 0.05) is 0 Å². The molecule has 1 N–H and O–H groups in total. The molecule has 0 saturated carbocycles. The lowest BCUT2D eigenvalue weighted by Gasteiger charge is -2.08. The van der Waals surface area contributed by atoms with Crippen LogP contribution >= 0.6 is 0 Å². The van der Waals surface area contributed by atoms with Crippen LogP contribution in [0.5, 0.6) is 0 Å². The van der Waals surface area contributed by atoms with Gasteiger partial charge in [-0.3, -0.25) is 9.36 Å². The maximum absolute atomic E-state index is 13.2. The second kappa shape index (κ2) is 3.38. The van der Waals surface area contributed by atoms with Gasteiger partial charge in [0.25, 0.3) is 5.91 Å². The number of nitrogens with one attached hydrogen (secondary N) is 1. The fourth-order valence-electron chi connectivity index (χ4n) is 1.97. The standard InChI is InChI=1S/C11H9FN4O/c1-6-14-15-10-5-13-11(17)8-4-7(12)2-3-9(8)16(6)10/h2-4H,5H2,1H3,(H,13,17). The number of aryl methyl sites for hydroxylation is 1. The molecule has 0 saturated heterocycles. The molecule has 2 heterocycles. The number of carbonyl (C=O) groups is 1. The smallest absolute Gasteiger partial charge is 0.253 e. The molecule has 17 heavy (non-hydrogen) atoms. The number of rotatable bonds is 0. The van der Waals surface area contributed by atoms with E-state index in [0.29, 0.717) is 22.9 Å². The molecule has 2 aromatic rings. The number of amides is 1. The summed E-state index contributed by atoms with van der Waals surface area (Å²) in [6.07, 6.45) is 0. The first-order valence-corrected chi connectivity index (χ1v) is 5.16. The first-order chi connectivity index (χ1) is 8.16. The van der Waals surface area contributed by atoms with Crippen LogP contribution in [-0.4, -0.2) is 20.7 Å². The predicted octanol–water partition coefficient (Wildman–Crippen LogP) is 0.958. The number of hydrogen-bond acceptors (Lipinski definition) is 3. The van der Waals surface area contributed by atoms with Crippen molar-refractivity contribution in [2.24, 2.45) is 0 Å². The van der Waals surface area contributed by atoms with Crippen LogP contribution in [0.15, 0.2) is 18.2 Å². The molecular weight excluding hydrogens is 223 g/mol. The van der Waals surface area contributed by atoms with Crippen LogP contribution in [0.3, 0.4) is 0 Å². The number of carbonyl (C=O) groups excluding carboxylic acids is 1. The van der Waals surface area contributed by atoms with Crippen molar-refractivity contribution < 1.29 is 9.18 Å². The number of hydrogen-bond donors (Lipinski definition) is 1. The minimum atomic E-state index is -0.437. The quantitative estimate of drug-likeness (QED) is 0.736. The lowest BCUT2D eigenvalue weighted by Crippen LogP contribution is -2.21. The first-order valence-electron chi connectivity index (χ1n) is 5.16. The van der Waals surface area contributed by atoms with E-state index in [1.165, 1.54) is 12.1 Å². The molecule has 1 aromatic heterocycles. The van der Waals surface area contributed by atoms with E-state index in [2.05, 4.69) is 15.5 Å². The van der Waals surface area contributed by atoms with Crippen LogP contribution in [-0.2, 0) is 6.54 Å². The average Bonchev–Trinajstić information content (AvgIpc) is 2.61. The molecule has 3 rings (SSSR count). The predicted molar refractivity (Wildman–Crippen MR) is 57.2 cm³/mol. The zero-order valence-corrected chi connectivity index (χ0v) is 9.07. The van der Waals surface area contributed by atoms with Crippen LogP contribution in [0, 0.1) is 12.7 Å². The van der Waals surface area contributed by atoms with E-state index in [1.54, 1.807) is 17.6 Å². The molecule has 0 aliphatic carbocycles. The highest BCUT2D eigenvalue weighted by Crippen LogP contribution is 2.21. The second-order valence-electron chi connectivity index (χ2n) is 3.84. The monoisotopic (exact) mass is 232 g/mol. The Morgan fingerprint density at radius 3 is 3.06 bits per heavy atom. The molecule has 1 amide bonds. The van der Waals surface area contributed by atoms with Gasteiger partial charge in [0.1, 0.15) is 11.6 Å². The maximum atomic E-state index is 13.2. The van der Waals surface area contributed by atoms with Crippen LogP contribution in [0.25, 0.3) is 5.69 Å². The molecule has 0 unspecified atom stereocenters. The summed E-state index contributed by atoms with van der Waals surface area (Å²) in [5, 5.41) is 10.6. The molecule has 86 valence electrons. The molecule has 0 atom stereocenters. The topological polar surface area (TPSA) is 59.8 Å². The van der Waals surface area contributed by atoms with Crippen molar-refractivity contribution in [1.82, 2.24) is 20.1 Å². The summed E-state index contributed by atoms with van der Waals surface area (Å²) in [7, 11) is 0. The summed E-state index contributed by atoms with van der Waals surface area (Å²) in [6, 6.07) is 4.11. The van der Waals surface area contributed by atoms with E-state index in [9.17, 15) is 9.18 Å². The number of aromatic nitrogens is 3. The summed E-state index contributed by atoms with van der Waals surface area (Å²) in [4.78, 5) is 11.8. The van der Waals surface area contributed by atoms with Crippen molar-refractivity contribution in [3.8, 4) is 5.69 Å². The summed E-state index contributed by atoms with van der Waals surface area (Å²) in [5.74, 6) is 0.572. The van der Waals surface area contributed by atoms with Crippen LogP contribution in [0.2, 0.25) is 0 Å². The van der Waals surface area contributed by atoms with Gasteiger partial charge in [-0.25, -0.2) is 4.39 Å². The third kappa shape index (κ3) is 1.41. The van der Waals surface area contributed by atoms with Crippen LogP contribution in [0.4, 0.5) is 4.39 Å². The molecule has 1 aliphatic rings. The highest BCUT2D eigenvalue weighted by Gasteiger charge is 2.22. The van der Waals surface area contributed by atoms with Gasteiger partial charge in [0.05, 0.1) is 17.8 Å². The Bertz CT molecular complexity index is 620. The van der Waals surface area contributed by atoms with Gasteiger partial charge in [0.2, 0.25) is 0 Å². The van der Waals surface area contributed by atoms with E-state index >= 15 is 0 Å². The zero-order valence-electron chi connectivity index (χ0n) is 9.07. The number of halogens is 1. The van der Waals surface area contributed by atoms with E-state index < -0.39 is 5.82 Å². The average molecular weight is 232 g/mol. The summed E-state index contributed by atoms with van der Waals surface area (Å²) in [6.45, 7) is 2.08. The summed E-state index contributed by atoms with van der Waals surface area (Å²) in [5.41, 5.74) is 0.908. The lowest BCUT2D eigenvalue weighted by molar-refractivity contribution is 0.0952. The van der Waals surface area contributed by atoms with Gasteiger partial charge >= 0.3 is 0 Å². The molecule has 1 aliphatic heterocycles. The highest BCUT2D eigenvalue weighted by atomic mass is 19.1. The summed E-state index contributed by atoms with van der Waals surface area (Å²) < 4.78 is 14.9. The minimum absolute atomic E-state index is 0.288. The van der Waals surface area contributed by atoms with Crippen molar-refractivity contribution in [3.63, 3.8) is 0 Å². The Hall–Kier alpha value is -2.24. The minimum Gasteiger partial charge on any atom is -0.345 e. The van der Waals surface area contributed by atoms with E-state index in [0.717, 1.165) is 0 Å². The zero-order chi connectivity index (χ0) is 12.0. The van der Waals surface area contributed by atoms with Gasteiger partial charge in [-0.2, -0.15) is 0 Å². The van der Waals surface area contributed by atoms with Gasteiger partial charge in [-0.15, -0.1) is 10.2 Å². The van der Waals surface area contributed by atoms with Gasteiger partial charge < -0.3 is 5.32 Å². The number of benzene rings is 1. The van der Waals surface area contributed by atoms with E-state index in [-0.39, 0.29) is 12.5 Å². The van der Waals surface area contributed by atoms with E-state index in [1.807, 2.05) is 0 Å². The van der Waals surface area contributed by atoms with Crippen molar-refractivity contribution >= 4 is 5.91 Å². The molecule has 0 bridgehead atoms. The molecular formula is C11H9FN4O. The largest absolute Gasteiger partial charge is 0.345 e. The third-order valence-corrected chi connectivity index (χ3v) is 2.74.